The van der Waals surface area contributed by atoms with Crippen LogP contribution in [-0.2, 0) is 22.6 Å². The van der Waals surface area contributed by atoms with Gasteiger partial charge in [0.15, 0.2) is 0 Å². The number of amides is 1. The normalized spacial score (nSPS) is 11.7. The molecule has 11 heteroatoms. The second kappa shape index (κ2) is 8.74. The Bertz CT molecular complexity index is 860. The second-order valence-electron chi connectivity index (χ2n) is 6.29. The quantitative estimate of drug-likeness (QED) is 0.700. The number of imidazole rings is 1. The number of hydrogen-bond acceptors (Lipinski definition) is 6. The standard InChI is InChI=1S/C17H21F3N4O3S/c1-10-11(2)28-15(14(10)16(26)27-4)22-13(25)8-23(3)7-12-21-5-6-24(12)9-17(18,19)20/h5-6H,7-9H2,1-4H3,(H,22,25). The molecule has 0 fully saturated rings. The van der Waals surface area contributed by atoms with E-state index in [4.69, 9.17) is 4.74 Å². The van der Waals surface area contributed by atoms with E-state index in [0.29, 0.717) is 10.6 Å². The van der Waals surface area contributed by atoms with Crippen LogP contribution in [0.2, 0.25) is 0 Å². The van der Waals surface area contributed by atoms with Crippen molar-refractivity contribution in [3.05, 3.63) is 34.2 Å². The molecule has 2 heterocycles. The third-order valence-corrected chi connectivity index (χ3v) is 5.13. The topological polar surface area (TPSA) is 76.5 Å². The Kier molecular flexibility index (Phi) is 6.83. The molecule has 0 aliphatic heterocycles. The summed E-state index contributed by atoms with van der Waals surface area (Å²) in [5, 5.41) is 3.07. The Balaban J connectivity index is 2.02. The van der Waals surface area contributed by atoms with Crippen molar-refractivity contribution < 1.29 is 27.5 Å². The van der Waals surface area contributed by atoms with Crippen LogP contribution < -0.4 is 5.32 Å². The molecule has 28 heavy (non-hydrogen) atoms. The Morgan fingerprint density at radius 2 is 2.04 bits per heavy atom. The molecule has 0 aliphatic rings. The molecule has 1 N–H and O–H groups in total. The molecule has 0 bridgehead atoms. The predicted octanol–water partition coefficient (Wildman–Crippen LogP) is 2.98. The first-order valence-electron chi connectivity index (χ1n) is 8.25. The van der Waals surface area contributed by atoms with Crippen molar-refractivity contribution in [3.63, 3.8) is 0 Å². The lowest BCUT2D eigenvalue weighted by molar-refractivity contribution is -0.141. The zero-order chi connectivity index (χ0) is 21.1. The van der Waals surface area contributed by atoms with Crippen molar-refractivity contribution in [2.24, 2.45) is 0 Å². The molecule has 154 valence electrons. The van der Waals surface area contributed by atoms with E-state index in [9.17, 15) is 22.8 Å². The summed E-state index contributed by atoms with van der Waals surface area (Å²) in [6, 6.07) is 0. The number of thiophene rings is 1. The Morgan fingerprint density at radius 3 is 2.64 bits per heavy atom. The number of nitrogens with one attached hydrogen (secondary N) is 1. The minimum atomic E-state index is -4.36. The molecule has 2 rings (SSSR count). The van der Waals surface area contributed by atoms with Gasteiger partial charge in [0.1, 0.15) is 17.4 Å². The smallest absolute Gasteiger partial charge is 0.406 e. The van der Waals surface area contributed by atoms with E-state index >= 15 is 0 Å². The lowest BCUT2D eigenvalue weighted by Gasteiger charge is -2.17. The van der Waals surface area contributed by atoms with Gasteiger partial charge in [-0.15, -0.1) is 11.3 Å². The molecule has 0 aromatic carbocycles. The summed E-state index contributed by atoms with van der Waals surface area (Å²) in [6.07, 6.45) is -1.82. The highest BCUT2D eigenvalue weighted by molar-refractivity contribution is 7.16. The summed E-state index contributed by atoms with van der Waals surface area (Å²) < 4.78 is 43.5. The number of methoxy groups -OCH3 is 1. The first-order valence-corrected chi connectivity index (χ1v) is 9.07. The number of carbonyl (C=O) groups is 2. The second-order valence-corrected chi connectivity index (χ2v) is 7.51. The van der Waals surface area contributed by atoms with Gasteiger partial charge in [-0.1, -0.05) is 0 Å². The zero-order valence-electron chi connectivity index (χ0n) is 15.9. The largest absolute Gasteiger partial charge is 0.465 e. The maximum atomic E-state index is 12.6. The van der Waals surface area contributed by atoms with Crippen LogP contribution in [0.1, 0.15) is 26.6 Å². The minimum Gasteiger partial charge on any atom is -0.465 e. The Labute approximate surface area is 164 Å². The average Bonchev–Trinajstić information content (AvgIpc) is 3.09. The number of anilines is 1. The van der Waals surface area contributed by atoms with E-state index in [2.05, 4.69) is 10.3 Å². The molecule has 7 nitrogen and oxygen atoms in total. The number of carbonyl (C=O) groups excluding carboxylic acids is 2. The van der Waals surface area contributed by atoms with Crippen molar-refractivity contribution in [1.29, 1.82) is 0 Å². The highest BCUT2D eigenvalue weighted by Gasteiger charge is 2.29. The Morgan fingerprint density at radius 1 is 1.36 bits per heavy atom. The first-order chi connectivity index (χ1) is 13.0. The van der Waals surface area contributed by atoms with Crippen molar-refractivity contribution in [2.75, 3.05) is 26.0 Å². The van der Waals surface area contributed by atoms with Crippen molar-refractivity contribution >= 4 is 28.2 Å². The molecule has 2 aromatic heterocycles. The van der Waals surface area contributed by atoms with E-state index in [1.165, 1.54) is 35.7 Å². The molecular weight excluding hydrogens is 397 g/mol. The van der Waals surface area contributed by atoms with E-state index in [1.54, 1.807) is 14.0 Å². The van der Waals surface area contributed by atoms with Gasteiger partial charge in [0.25, 0.3) is 0 Å². The van der Waals surface area contributed by atoms with Crippen LogP contribution in [0.4, 0.5) is 18.2 Å². The maximum absolute atomic E-state index is 12.6. The molecule has 0 unspecified atom stereocenters. The fourth-order valence-corrected chi connectivity index (χ4v) is 3.66. The number of rotatable bonds is 7. The number of ether oxygens (including phenoxy) is 1. The van der Waals surface area contributed by atoms with Crippen LogP contribution >= 0.6 is 11.3 Å². The van der Waals surface area contributed by atoms with Gasteiger partial charge in [0.2, 0.25) is 5.91 Å². The summed E-state index contributed by atoms with van der Waals surface area (Å²) in [7, 11) is 2.86. The SMILES string of the molecule is COC(=O)c1c(NC(=O)CN(C)Cc2nccn2CC(F)(F)F)sc(C)c1C. The monoisotopic (exact) mass is 418 g/mol. The molecule has 0 spiro atoms. The van der Waals surface area contributed by atoms with E-state index < -0.39 is 24.6 Å². The van der Waals surface area contributed by atoms with Crippen LogP contribution in [0, 0.1) is 13.8 Å². The van der Waals surface area contributed by atoms with Gasteiger partial charge >= 0.3 is 12.1 Å². The molecule has 0 aliphatic carbocycles. The highest BCUT2D eigenvalue weighted by Crippen LogP contribution is 2.32. The fourth-order valence-electron chi connectivity index (χ4n) is 2.60. The van der Waals surface area contributed by atoms with Gasteiger partial charge in [-0.2, -0.15) is 13.2 Å². The van der Waals surface area contributed by atoms with Crippen molar-refractivity contribution in [3.8, 4) is 0 Å². The third-order valence-electron chi connectivity index (χ3n) is 4.00. The first kappa shape index (κ1) is 21.9. The van der Waals surface area contributed by atoms with Crippen LogP contribution in [0.15, 0.2) is 12.4 Å². The fraction of sp³-hybridized carbons (Fsp3) is 0.471. The lowest BCUT2D eigenvalue weighted by atomic mass is 10.1. The summed E-state index contributed by atoms with van der Waals surface area (Å²) in [6.45, 7) is 2.42. The highest BCUT2D eigenvalue weighted by atomic mass is 32.1. The lowest BCUT2D eigenvalue weighted by Crippen LogP contribution is -2.31. The van der Waals surface area contributed by atoms with Crippen LogP contribution in [0.3, 0.4) is 0 Å². The van der Waals surface area contributed by atoms with Crippen LogP contribution in [0.25, 0.3) is 0 Å². The number of aromatic nitrogens is 2. The third kappa shape index (κ3) is 5.55. The summed E-state index contributed by atoms with van der Waals surface area (Å²) in [5.41, 5.74) is 1.04. The van der Waals surface area contributed by atoms with Crippen molar-refractivity contribution in [1.82, 2.24) is 14.5 Å². The number of alkyl halides is 3. The summed E-state index contributed by atoms with van der Waals surface area (Å²) in [4.78, 5) is 30.6. The maximum Gasteiger partial charge on any atom is 0.406 e. The number of hydrogen-bond donors (Lipinski definition) is 1. The number of esters is 1. The van der Waals surface area contributed by atoms with Gasteiger partial charge in [0, 0.05) is 17.3 Å². The molecule has 2 aromatic rings. The zero-order valence-corrected chi connectivity index (χ0v) is 16.7. The van der Waals surface area contributed by atoms with Crippen LogP contribution in [0.5, 0.6) is 0 Å². The van der Waals surface area contributed by atoms with Gasteiger partial charge in [-0.05, 0) is 26.5 Å². The van der Waals surface area contributed by atoms with E-state index in [0.717, 1.165) is 15.0 Å². The van der Waals surface area contributed by atoms with Gasteiger partial charge in [-0.3, -0.25) is 9.69 Å². The molecule has 1 amide bonds. The summed E-state index contributed by atoms with van der Waals surface area (Å²) in [5.74, 6) is -0.742. The minimum absolute atomic E-state index is 0.0584. The number of nitrogens with zero attached hydrogens (tertiary/aromatic N) is 3. The number of likely N-dealkylation sites (N-methyl/N-ethyl adjacent to an activating group) is 1. The van der Waals surface area contributed by atoms with Gasteiger partial charge < -0.3 is 14.6 Å². The molecule has 0 saturated carbocycles. The Hall–Kier alpha value is -2.40. The molecule has 0 atom stereocenters. The molecule has 0 radical (unpaired) electrons. The molecular formula is C17H21F3N4O3S. The predicted molar refractivity (Wildman–Crippen MR) is 98.4 cm³/mol. The molecule has 0 saturated heterocycles. The van der Waals surface area contributed by atoms with Crippen LogP contribution in [-0.4, -0.2) is 53.2 Å². The van der Waals surface area contributed by atoms with Gasteiger partial charge in [-0.25, -0.2) is 9.78 Å². The van der Waals surface area contributed by atoms with E-state index in [-0.39, 0.29) is 18.9 Å². The van der Waals surface area contributed by atoms with Crippen molar-refractivity contribution in [2.45, 2.75) is 33.1 Å². The van der Waals surface area contributed by atoms with E-state index in [1.807, 2.05) is 6.92 Å². The van der Waals surface area contributed by atoms with Gasteiger partial charge in [0.05, 0.1) is 25.8 Å². The number of aryl methyl sites for hydroxylation is 1. The number of halogens is 3. The summed E-state index contributed by atoms with van der Waals surface area (Å²) >= 11 is 1.26. The average molecular weight is 418 g/mol.